The van der Waals surface area contributed by atoms with Gasteiger partial charge in [0.25, 0.3) is 0 Å². The maximum atomic E-state index is 12.0. The summed E-state index contributed by atoms with van der Waals surface area (Å²) < 4.78 is 1.71. The Bertz CT molecular complexity index is 576. The molecule has 2 rings (SSSR count). The van der Waals surface area contributed by atoms with Crippen LogP contribution in [0.5, 0.6) is 0 Å². The second-order valence-electron chi connectivity index (χ2n) is 4.71. The molecular weight excluding hydrogens is 254 g/mol. The first-order valence-electron chi connectivity index (χ1n) is 6.37. The molecule has 0 radical (unpaired) electrons. The molecule has 0 bridgehead atoms. The number of aromatic nitrogens is 2. The number of benzene rings is 1. The van der Waals surface area contributed by atoms with Crippen molar-refractivity contribution in [2.45, 2.75) is 13.1 Å². The molecule has 0 saturated carbocycles. The number of nitrogens with two attached hydrogens (primary N) is 1. The van der Waals surface area contributed by atoms with Crippen LogP contribution in [0.1, 0.15) is 11.1 Å². The molecule has 1 aromatic heterocycles. The summed E-state index contributed by atoms with van der Waals surface area (Å²) in [4.78, 5) is 13.6. The van der Waals surface area contributed by atoms with E-state index in [0.717, 1.165) is 16.8 Å². The maximum Gasteiger partial charge on any atom is 0.321 e. The summed E-state index contributed by atoms with van der Waals surface area (Å²) in [6, 6.07) is 7.33. The van der Waals surface area contributed by atoms with Crippen LogP contribution in [0.3, 0.4) is 0 Å². The van der Waals surface area contributed by atoms with Gasteiger partial charge in [-0.05, 0) is 17.7 Å². The average Bonchev–Trinajstić information content (AvgIpc) is 2.85. The second-order valence-corrected chi connectivity index (χ2v) is 4.71. The maximum absolute atomic E-state index is 12.0. The van der Waals surface area contributed by atoms with Gasteiger partial charge in [0.1, 0.15) is 0 Å². The molecule has 0 fully saturated rings. The highest BCUT2D eigenvalue weighted by atomic mass is 16.2. The predicted octanol–water partition coefficient (Wildman–Crippen LogP) is 1.54. The van der Waals surface area contributed by atoms with Crippen molar-refractivity contribution in [2.24, 2.45) is 12.8 Å². The van der Waals surface area contributed by atoms with Gasteiger partial charge in [-0.25, -0.2) is 4.79 Å². The Morgan fingerprint density at radius 2 is 2.05 bits per heavy atom. The number of carbonyl (C=O) groups excluding carboxylic acids is 1. The highest BCUT2D eigenvalue weighted by molar-refractivity contribution is 5.89. The molecule has 0 aliphatic carbocycles. The summed E-state index contributed by atoms with van der Waals surface area (Å²) in [6.07, 6.45) is 3.64. The van der Waals surface area contributed by atoms with E-state index in [9.17, 15) is 4.79 Å². The summed E-state index contributed by atoms with van der Waals surface area (Å²) in [5.41, 5.74) is 8.31. The van der Waals surface area contributed by atoms with Gasteiger partial charge >= 0.3 is 6.03 Å². The number of rotatable bonds is 4. The van der Waals surface area contributed by atoms with Crippen molar-refractivity contribution in [2.75, 3.05) is 12.4 Å². The van der Waals surface area contributed by atoms with Gasteiger partial charge in [-0.3, -0.25) is 4.68 Å². The molecule has 3 N–H and O–H groups in total. The number of nitrogens with zero attached hydrogens (tertiary/aromatic N) is 3. The summed E-state index contributed by atoms with van der Waals surface area (Å²) in [6.45, 7) is 1.01. The Morgan fingerprint density at radius 3 is 2.60 bits per heavy atom. The Morgan fingerprint density at radius 1 is 1.35 bits per heavy atom. The molecule has 0 spiro atoms. The summed E-state index contributed by atoms with van der Waals surface area (Å²) >= 11 is 0. The smallest absolute Gasteiger partial charge is 0.321 e. The molecule has 0 unspecified atom stereocenters. The van der Waals surface area contributed by atoms with Crippen molar-refractivity contribution in [3.63, 3.8) is 0 Å². The molecule has 20 heavy (non-hydrogen) atoms. The van der Waals surface area contributed by atoms with Crippen molar-refractivity contribution in [1.29, 1.82) is 0 Å². The molecule has 6 nitrogen and oxygen atoms in total. The van der Waals surface area contributed by atoms with E-state index in [1.807, 2.05) is 37.5 Å². The number of aryl methyl sites for hydroxylation is 1. The van der Waals surface area contributed by atoms with E-state index in [1.54, 1.807) is 22.8 Å². The summed E-state index contributed by atoms with van der Waals surface area (Å²) in [5, 5.41) is 6.92. The Kier molecular flexibility index (Phi) is 4.37. The third-order valence-electron chi connectivity index (χ3n) is 2.97. The van der Waals surface area contributed by atoms with E-state index in [4.69, 9.17) is 5.73 Å². The van der Waals surface area contributed by atoms with Crippen LogP contribution >= 0.6 is 0 Å². The minimum absolute atomic E-state index is 0.158. The predicted molar refractivity (Wildman–Crippen MR) is 78.0 cm³/mol. The van der Waals surface area contributed by atoms with Crippen molar-refractivity contribution in [3.05, 3.63) is 47.8 Å². The van der Waals surface area contributed by atoms with Crippen molar-refractivity contribution in [3.8, 4) is 0 Å². The van der Waals surface area contributed by atoms with Crippen molar-refractivity contribution >= 4 is 11.7 Å². The van der Waals surface area contributed by atoms with Gasteiger partial charge in [-0.1, -0.05) is 12.1 Å². The first-order chi connectivity index (χ1) is 9.58. The molecule has 6 heteroatoms. The monoisotopic (exact) mass is 273 g/mol. The number of amides is 2. The van der Waals surface area contributed by atoms with E-state index in [2.05, 4.69) is 10.4 Å². The van der Waals surface area contributed by atoms with Gasteiger partial charge in [-0.2, -0.15) is 5.10 Å². The minimum Gasteiger partial charge on any atom is -0.326 e. The van der Waals surface area contributed by atoms with Gasteiger partial charge in [0.05, 0.1) is 12.7 Å². The molecule has 0 aliphatic rings. The Labute approximate surface area is 118 Å². The van der Waals surface area contributed by atoms with Crippen molar-refractivity contribution < 1.29 is 4.79 Å². The van der Waals surface area contributed by atoms with Crippen LogP contribution in [0, 0.1) is 0 Å². The molecule has 1 aromatic carbocycles. The van der Waals surface area contributed by atoms with Gasteiger partial charge < -0.3 is 16.0 Å². The number of anilines is 1. The molecule has 0 saturated heterocycles. The number of hydrogen-bond donors (Lipinski definition) is 2. The van der Waals surface area contributed by atoms with Crippen LogP contribution < -0.4 is 11.1 Å². The van der Waals surface area contributed by atoms with Crippen LogP contribution in [0.15, 0.2) is 36.7 Å². The van der Waals surface area contributed by atoms with E-state index in [0.29, 0.717) is 13.1 Å². The fraction of sp³-hybridized carbons (Fsp3) is 0.286. The van der Waals surface area contributed by atoms with Crippen LogP contribution in [-0.4, -0.2) is 27.8 Å². The van der Waals surface area contributed by atoms with E-state index >= 15 is 0 Å². The molecule has 2 aromatic rings. The second kappa shape index (κ2) is 6.21. The molecule has 106 valence electrons. The normalized spacial score (nSPS) is 10.3. The van der Waals surface area contributed by atoms with Crippen molar-refractivity contribution in [1.82, 2.24) is 14.7 Å². The number of hydrogen-bond acceptors (Lipinski definition) is 3. The third kappa shape index (κ3) is 3.58. The van der Waals surface area contributed by atoms with Gasteiger partial charge in [0, 0.05) is 38.1 Å². The molecule has 1 heterocycles. The molecule has 2 amide bonds. The van der Waals surface area contributed by atoms with Gasteiger partial charge in [-0.15, -0.1) is 0 Å². The highest BCUT2D eigenvalue weighted by Gasteiger charge is 2.10. The van der Waals surface area contributed by atoms with Gasteiger partial charge in [0.15, 0.2) is 0 Å². The Hall–Kier alpha value is -2.34. The minimum atomic E-state index is -0.158. The average molecular weight is 273 g/mol. The molecule has 0 aliphatic heterocycles. The fourth-order valence-corrected chi connectivity index (χ4v) is 1.84. The summed E-state index contributed by atoms with van der Waals surface area (Å²) in [5.74, 6) is 0. The zero-order valence-corrected chi connectivity index (χ0v) is 11.7. The largest absolute Gasteiger partial charge is 0.326 e. The molecular formula is C14H19N5O. The lowest BCUT2D eigenvalue weighted by atomic mass is 10.2. The standard InChI is InChI=1S/C14H19N5O/c1-18(9-12-8-16-19(2)10-12)14(20)17-13-5-3-11(7-15)4-6-13/h3-6,8,10H,7,9,15H2,1-2H3,(H,17,20). The van der Waals surface area contributed by atoms with E-state index in [1.165, 1.54) is 0 Å². The van der Waals surface area contributed by atoms with E-state index < -0.39 is 0 Å². The quantitative estimate of drug-likeness (QED) is 0.887. The topological polar surface area (TPSA) is 76.2 Å². The number of carbonyl (C=O) groups is 1. The Balaban J connectivity index is 1.93. The van der Waals surface area contributed by atoms with Crippen LogP contribution in [0.2, 0.25) is 0 Å². The lowest BCUT2D eigenvalue weighted by Crippen LogP contribution is -2.30. The highest BCUT2D eigenvalue weighted by Crippen LogP contribution is 2.10. The molecule has 0 atom stereocenters. The van der Waals surface area contributed by atoms with E-state index in [-0.39, 0.29) is 6.03 Å². The fourth-order valence-electron chi connectivity index (χ4n) is 1.84. The summed E-state index contributed by atoms with van der Waals surface area (Å²) in [7, 11) is 3.60. The zero-order valence-electron chi connectivity index (χ0n) is 11.7. The lowest BCUT2D eigenvalue weighted by Gasteiger charge is -2.17. The third-order valence-corrected chi connectivity index (χ3v) is 2.97. The lowest BCUT2D eigenvalue weighted by molar-refractivity contribution is 0.220. The first-order valence-corrected chi connectivity index (χ1v) is 6.37. The first kappa shape index (κ1) is 14.1. The van der Waals surface area contributed by atoms with Crippen LogP contribution in [-0.2, 0) is 20.1 Å². The number of nitrogens with one attached hydrogen (secondary N) is 1. The van der Waals surface area contributed by atoms with Gasteiger partial charge in [0.2, 0.25) is 0 Å². The SMILES string of the molecule is CN(Cc1cnn(C)c1)C(=O)Nc1ccc(CN)cc1. The number of urea groups is 1. The zero-order chi connectivity index (χ0) is 14.5. The van der Waals surface area contributed by atoms with Crippen LogP contribution in [0.4, 0.5) is 10.5 Å². The van der Waals surface area contributed by atoms with Crippen LogP contribution in [0.25, 0.3) is 0 Å².